The number of nitrogens with zero attached hydrogens (tertiary/aromatic N) is 2. The van der Waals surface area contributed by atoms with Gasteiger partial charge in [0.2, 0.25) is 5.91 Å². The van der Waals surface area contributed by atoms with Crippen LogP contribution in [0.15, 0.2) is 18.2 Å². The van der Waals surface area contributed by atoms with E-state index in [-0.39, 0.29) is 18.4 Å². The minimum Gasteiger partial charge on any atom is -0.494 e. The molecule has 0 bridgehead atoms. The second kappa shape index (κ2) is 5.17. The van der Waals surface area contributed by atoms with E-state index in [1.165, 1.54) is 12.0 Å². The van der Waals surface area contributed by atoms with Gasteiger partial charge in [0.15, 0.2) is 5.75 Å². The second-order valence-corrected chi connectivity index (χ2v) is 4.47. The summed E-state index contributed by atoms with van der Waals surface area (Å²) in [6.45, 7) is 1.14. The van der Waals surface area contributed by atoms with Gasteiger partial charge >= 0.3 is 0 Å². The van der Waals surface area contributed by atoms with Gasteiger partial charge in [0, 0.05) is 20.1 Å². The summed E-state index contributed by atoms with van der Waals surface area (Å²) in [5.74, 6) is 0.0620. The van der Waals surface area contributed by atoms with Crippen LogP contribution in [0.3, 0.4) is 0 Å². The highest BCUT2D eigenvalue weighted by atomic mass is 16.5. The minimum absolute atomic E-state index is 0.0672. The lowest BCUT2D eigenvalue weighted by Gasteiger charge is -2.32. The largest absolute Gasteiger partial charge is 0.494 e. The molecule has 2 rings (SSSR count). The Morgan fingerprint density at radius 3 is 2.74 bits per heavy atom. The first-order chi connectivity index (χ1) is 9.04. The highest BCUT2D eigenvalue weighted by molar-refractivity contribution is 6.00. The molecule has 1 aliphatic rings. The molecule has 6 heteroatoms. The molecule has 6 nitrogen and oxygen atoms in total. The van der Waals surface area contributed by atoms with Crippen molar-refractivity contribution in [3.05, 3.63) is 23.8 Å². The number of rotatable bonds is 2. The topological polar surface area (TPSA) is 75.9 Å². The number of benzene rings is 1. The van der Waals surface area contributed by atoms with Crippen molar-refractivity contribution in [2.45, 2.75) is 0 Å². The zero-order valence-corrected chi connectivity index (χ0v) is 11.0. The number of hydrogen-bond acceptors (Lipinski definition) is 4. The lowest BCUT2D eigenvalue weighted by Crippen LogP contribution is -2.50. The Bertz CT molecular complexity index is 516. The summed E-state index contributed by atoms with van der Waals surface area (Å²) in [5.41, 5.74) is 6.58. The SMILES string of the molecule is COc1c(N)cccc1C(=O)N1CCN(C)C(=O)C1. The van der Waals surface area contributed by atoms with Crippen LogP contribution in [0.4, 0.5) is 5.69 Å². The molecule has 1 heterocycles. The third-order valence-electron chi connectivity index (χ3n) is 3.22. The first kappa shape index (κ1) is 13.2. The average Bonchev–Trinajstić information content (AvgIpc) is 2.40. The summed E-state index contributed by atoms with van der Waals surface area (Å²) in [5, 5.41) is 0. The van der Waals surface area contributed by atoms with Gasteiger partial charge < -0.3 is 20.3 Å². The number of para-hydroxylation sites is 1. The van der Waals surface area contributed by atoms with Crippen LogP contribution in [0, 0.1) is 0 Å². The van der Waals surface area contributed by atoms with Gasteiger partial charge in [0.1, 0.15) is 6.54 Å². The number of piperazine rings is 1. The fourth-order valence-electron chi connectivity index (χ4n) is 2.05. The summed E-state index contributed by atoms with van der Waals surface area (Å²) in [6.07, 6.45) is 0. The van der Waals surface area contributed by atoms with Crippen LogP contribution in [-0.4, -0.2) is 55.4 Å². The van der Waals surface area contributed by atoms with Gasteiger partial charge in [-0.2, -0.15) is 0 Å². The number of anilines is 1. The van der Waals surface area contributed by atoms with Gasteiger partial charge in [0.25, 0.3) is 5.91 Å². The van der Waals surface area contributed by atoms with Crippen molar-refractivity contribution in [2.75, 3.05) is 39.5 Å². The highest BCUT2D eigenvalue weighted by Crippen LogP contribution is 2.27. The molecule has 102 valence electrons. The Kier molecular flexibility index (Phi) is 3.59. The van der Waals surface area contributed by atoms with E-state index in [9.17, 15) is 9.59 Å². The summed E-state index contributed by atoms with van der Waals surface area (Å²) < 4.78 is 5.17. The van der Waals surface area contributed by atoms with Crippen LogP contribution in [0.25, 0.3) is 0 Å². The van der Waals surface area contributed by atoms with Crippen molar-refractivity contribution in [3.8, 4) is 5.75 Å². The van der Waals surface area contributed by atoms with Crippen molar-refractivity contribution >= 4 is 17.5 Å². The zero-order chi connectivity index (χ0) is 14.0. The zero-order valence-electron chi connectivity index (χ0n) is 11.0. The third-order valence-corrected chi connectivity index (χ3v) is 3.22. The highest BCUT2D eigenvalue weighted by Gasteiger charge is 2.27. The predicted molar refractivity (Wildman–Crippen MR) is 70.9 cm³/mol. The Morgan fingerprint density at radius 2 is 2.11 bits per heavy atom. The van der Waals surface area contributed by atoms with E-state index in [4.69, 9.17) is 10.5 Å². The summed E-state index contributed by atoms with van der Waals surface area (Å²) in [6, 6.07) is 5.02. The standard InChI is InChI=1S/C13H17N3O3/c1-15-6-7-16(8-11(15)17)13(18)9-4-3-5-10(14)12(9)19-2/h3-5H,6-8,14H2,1-2H3. The first-order valence-electron chi connectivity index (χ1n) is 6.00. The van der Waals surface area contributed by atoms with Gasteiger partial charge in [-0.15, -0.1) is 0 Å². The quantitative estimate of drug-likeness (QED) is 0.773. The average molecular weight is 263 g/mol. The van der Waals surface area contributed by atoms with E-state index >= 15 is 0 Å². The number of carbonyl (C=O) groups excluding carboxylic acids is 2. The van der Waals surface area contributed by atoms with Crippen molar-refractivity contribution in [3.63, 3.8) is 0 Å². The molecule has 2 N–H and O–H groups in total. The number of likely N-dealkylation sites (N-methyl/N-ethyl adjacent to an activating group) is 1. The third kappa shape index (κ3) is 2.47. The van der Waals surface area contributed by atoms with E-state index in [1.807, 2.05) is 0 Å². The van der Waals surface area contributed by atoms with Crippen LogP contribution < -0.4 is 10.5 Å². The Labute approximate surface area is 111 Å². The number of ether oxygens (including phenoxy) is 1. The molecule has 0 radical (unpaired) electrons. The van der Waals surface area contributed by atoms with Gasteiger partial charge in [-0.3, -0.25) is 9.59 Å². The number of nitrogens with two attached hydrogens (primary N) is 1. The Hall–Kier alpha value is -2.24. The molecule has 1 saturated heterocycles. The van der Waals surface area contributed by atoms with E-state index in [0.717, 1.165) is 0 Å². The van der Waals surface area contributed by atoms with E-state index in [2.05, 4.69) is 0 Å². The molecule has 2 amide bonds. The monoisotopic (exact) mass is 263 g/mol. The minimum atomic E-state index is -0.231. The van der Waals surface area contributed by atoms with E-state index in [1.54, 1.807) is 30.1 Å². The maximum atomic E-state index is 12.4. The van der Waals surface area contributed by atoms with Crippen LogP contribution >= 0.6 is 0 Å². The molecule has 1 aliphatic heterocycles. The van der Waals surface area contributed by atoms with Crippen LogP contribution in [0.5, 0.6) is 5.75 Å². The fraction of sp³-hybridized carbons (Fsp3) is 0.385. The lowest BCUT2D eigenvalue weighted by atomic mass is 10.1. The Balaban J connectivity index is 2.25. The van der Waals surface area contributed by atoms with Crippen LogP contribution in [-0.2, 0) is 4.79 Å². The van der Waals surface area contributed by atoms with Crippen molar-refractivity contribution in [2.24, 2.45) is 0 Å². The number of methoxy groups -OCH3 is 1. The number of nitrogen functional groups attached to an aromatic ring is 1. The van der Waals surface area contributed by atoms with Crippen LogP contribution in [0.1, 0.15) is 10.4 Å². The molecule has 0 spiro atoms. The molecular weight excluding hydrogens is 246 g/mol. The van der Waals surface area contributed by atoms with Crippen molar-refractivity contribution in [1.82, 2.24) is 9.80 Å². The Morgan fingerprint density at radius 1 is 1.37 bits per heavy atom. The maximum Gasteiger partial charge on any atom is 0.258 e. The predicted octanol–water partition coefficient (Wildman–Crippen LogP) is 0.192. The first-order valence-corrected chi connectivity index (χ1v) is 6.00. The number of carbonyl (C=O) groups is 2. The molecule has 0 saturated carbocycles. The molecule has 1 aromatic rings. The summed E-state index contributed by atoms with van der Waals surface area (Å²) >= 11 is 0. The van der Waals surface area contributed by atoms with E-state index in [0.29, 0.717) is 30.1 Å². The molecule has 0 aromatic heterocycles. The normalized spacial score (nSPS) is 15.6. The molecule has 0 aliphatic carbocycles. The van der Waals surface area contributed by atoms with Gasteiger partial charge in [-0.05, 0) is 12.1 Å². The van der Waals surface area contributed by atoms with Crippen molar-refractivity contribution < 1.29 is 14.3 Å². The van der Waals surface area contributed by atoms with Crippen molar-refractivity contribution in [1.29, 1.82) is 0 Å². The molecule has 1 fully saturated rings. The molecule has 0 atom stereocenters. The summed E-state index contributed by atoms with van der Waals surface area (Å²) in [4.78, 5) is 27.2. The number of hydrogen-bond donors (Lipinski definition) is 1. The molecule has 19 heavy (non-hydrogen) atoms. The molecule has 1 aromatic carbocycles. The number of amides is 2. The smallest absolute Gasteiger partial charge is 0.258 e. The summed E-state index contributed by atoms with van der Waals surface area (Å²) in [7, 11) is 3.20. The van der Waals surface area contributed by atoms with Crippen LogP contribution in [0.2, 0.25) is 0 Å². The lowest BCUT2D eigenvalue weighted by molar-refractivity contribution is -0.133. The van der Waals surface area contributed by atoms with Gasteiger partial charge in [-0.1, -0.05) is 6.07 Å². The molecule has 0 unspecified atom stereocenters. The van der Waals surface area contributed by atoms with E-state index < -0.39 is 0 Å². The van der Waals surface area contributed by atoms with Gasteiger partial charge in [0.05, 0.1) is 18.4 Å². The second-order valence-electron chi connectivity index (χ2n) is 4.47. The fourth-order valence-corrected chi connectivity index (χ4v) is 2.05. The maximum absolute atomic E-state index is 12.4. The van der Waals surface area contributed by atoms with Gasteiger partial charge in [-0.25, -0.2) is 0 Å². The molecular formula is C13H17N3O3.